The second-order valence-corrected chi connectivity index (χ2v) is 6.81. The zero-order valence-electron chi connectivity index (χ0n) is 14.7. The van der Waals surface area contributed by atoms with E-state index in [1.54, 1.807) is 12.3 Å². The first-order valence-electron chi connectivity index (χ1n) is 7.87. The summed E-state index contributed by atoms with van der Waals surface area (Å²) in [5.74, 6) is 1.26. The van der Waals surface area contributed by atoms with E-state index in [1.165, 1.54) is 44.2 Å². The normalized spacial score (nSPS) is 12.8. The fourth-order valence-electron chi connectivity index (χ4n) is 2.39. The minimum absolute atomic E-state index is 0.250. The molecule has 1 aromatic carbocycles. The van der Waals surface area contributed by atoms with Crippen molar-refractivity contribution in [2.45, 2.75) is 22.6 Å². The van der Waals surface area contributed by atoms with E-state index in [4.69, 9.17) is 21.1 Å². The number of imidazole rings is 1. The molecule has 150 valence electrons. The highest BCUT2D eigenvalue weighted by atomic mass is 35.5. The molecule has 11 heteroatoms. The number of nitrogens with zero attached hydrogens (tertiary/aromatic N) is 2. The molecular weight excluding hydrogens is 419 g/mol. The molecule has 1 atom stereocenters. The van der Waals surface area contributed by atoms with Gasteiger partial charge in [-0.2, -0.15) is 8.78 Å². The average molecular weight is 434 g/mol. The van der Waals surface area contributed by atoms with Crippen molar-refractivity contribution in [1.29, 1.82) is 0 Å². The van der Waals surface area contributed by atoms with Crippen LogP contribution in [-0.4, -0.2) is 40.9 Å². The summed E-state index contributed by atoms with van der Waals surface area (Å²) in [7, 11) is 3.06. The van der Waals surface area contributed by atoms with Crippen molar-refractivity contribution in [3.63, 3.8) is 0 Å². The lowest BCUT2D eigenvalue weighted by Crippen LogP contribution is -2.32. The number of fused-ring (bicyclic) bond motifs is 1. The molecule has 0 saturated heterocycles. The average Bonchev–Trinajstić information content (AvgIpc) is 3.07. The molecule has 0 aliphatic rings. The van der Waals surface area contributed by atoms with Crippen LogP contribution in [0.3, 0.4) is 0 Å². The van der Waals surface area contributed by atoms with E-state index in [2.05, 4.69) is 19.7 Å². The second kappa shape index (κ2) is 8.36. The molecule has 1 N–H and O–H groups in total. The molecule has 3 aromatic rings. The van der Waals surface area contributed by atoms with E-state index >= 15 is 0 Å². The van der Waals surface area contributed by atoms with E-state index in [9.17, 15) is 13.2 Å². The van der Waals surface area contributed by atoms with Gasteiger partial charge in [-0.15, -0.1) is 0 Å². The third-order valence-corrected chi connectivity index (χ3v) is 4.79. The highest BCUT2D eigenvalue weighted by Gasteiger charge is 2.42. The number of rotatable bonds is 8. The molecule has 28 heavy (non-hydrogen) atoms. The van der Waals surface area contributed by atoms with Crippen LogP contribution >= 0.6 is 23.4 Å². The molecule has 6 nitrogen and oxygen atoms in total. The summed E-state index contributed by atoms with van der Waals surface area (Å²) in [6.07, 6.45) is -2.54. The second-order valence-electron chi connectivity index (χ2n) is 5.47. The lowest BCUT2D eigenvalue weighted by molar-refractivity contribution is -0.198. The van der Waals surface area contributed by atoms with Gasteiger partial charge in [-0.05, 0) is 12.1 Å². The Morgan fingerprint density at radius 1 is 1.25 bits per heavy atom. The van der Waals surface area contributed by atoms with Gasteiger partial charge < -0.3 is 19.2 Å². The molecule has 2 heterocycles. The summed E-state index contributed by atoms with van der Waals surface area (Å²) in [6.45, 7) is 0. The zero-order chi connectivity index (χ0) is 20.3. The van der Waals surface area contributed by atoms with E-state index in [-0.39, 0.29) is 5.75 Å². The SMILES string of the molecule is COc1ccnc(CSc2nc3cc(OC(F)(F)C(F)Cl)ccc3[nH]2)c1OC. The molecule has 0 aliphatic carbocycles. The van der Waals surface area contributed by atoms with Crippen molar-refractivity contribution in [2.75, 3.05) is 14.2 Å². The van der Waals surface area contributed by atoms with Crippen molar-refractivity contribution < 1.29 is 27.4 Å². The molecule has 1 unspecified atom stereocenters. The molecule has 0 fully saturated rings. The predicted molar refractivity (Wildman–Crippen MR) is 99.3 cm³/mol. The van der Waals surface area contributed by atoms with Crippen molar-refractivity contribution in [3.8, 4) is 17.2 Å². The van der Waals surface area contributed by atoms with Crippen molar-refractivity contribution in [1.82, 2.24) is 15.0 Å². The topological polar surface area (TPSA) is 69.3 Å². The predicted octanol–water partition coefficient (Wildman–Crippen LogP) is 4.77. The Labute approximate surface area is 167 Å². The summed E-state index contributed by atoms with van der Waals surface area (Å²) < 4.78 is 54.2. The summed E-state index contributed by atoms with van der Waals surface area (Å²) in [4.78, 5) is 11.7. The number of pyridine rings is 1. The van der Waals surface area contributed by atoms with Crippen LogP contribution in [0.1, 0.15) is 5.69 Å². The minimum Gasteiger partial charge on any atom is -0.493 e. The van der Waals surface area contributed by atoms with Crippen molar-refractivity contribution >= 4 is 34.4 Å². The molecule has 0 spiro atoms. The quantitative estimate of drug-likeness (QED) is 0.407. The maximum absolute atomic E-state index is 13.3. The van der Waals surface area contributed by atoms with Crippen LogP contribution in [0, 0.1) is 0 Å². The van der Waals surface area contributed by atoms with Gasteiger partial charge in [0.1, 0.15) is 5.75 Å². The number of ether oxygens (including phenoxy) is 3. The van der Waals surface area contributed by atoms with Crippen LogP contribution in [0.15, 0.2) is 35.6 Å². The van der Waals surface area contributed by atoms with Gasteiger partial charge in [-0.3, -0.25) is 4.98 Å². The number of hydrogen-bond acceptors (Lipinski definition) is 6. The number of aromatic nitrogens is 3. The zero-order valence-corrected chi connectivity index (χ0v) is 16.3. The number of nitrogens with one attached hydrogen (secondary N) is 1. The Bertz CT molecular complexity index is 971. The van der Waals surface area contributed by atoms with E-state index < -0.39 is 11.7 Å². The van der Waals surface area contributed by atoms with Crippen LogP contribution in [0.25, 0.3) is 11.0 Å². The number of thioether (sulfide) groups is 1. The molecule has 0 amide bonds. The lowest BCUT2D eigenvalue weighted by atomic mass is 10.3. The van der Waals surface area contributed by atoms with Crippen molar-refractivity contribution in [3.05, 3.63) is 36.2 Å². The molecule has 3 rings (SSSR count). The Balaban J connectivity index is 1.77. The van der Waals surface area contributed by atoms with Crippen molar-refractivity contribution in [2.24, 2.45) is 0 Å². The number of alkyl halides is 4. The largest absolute Gasteiger partial charge is 0.493 e. The van der Waals surface area contributed by atoms with Gasteiger partial charge in [0.2, 0.25) is 0 Å². The Morgan fingerprint density at radius 2 is 2.04 bits per heavy atom. The molecule has 0 aliphatic heterocycles. The van der Waals surface area contributed by atoms with Gasteiger partial charge in [0.25, 0.3) is 5.63 Å². The Hall–Kier alpha value is -2.33. The molecule has 2 aromatic heterocycles. The van der Waals surface area contributed by atoms with Crippen LogP contribution in [0.2, 0.25) is 0 Å². The van der Waals surface area contributed by atoms with Crippen LogP contribution in [0.5, 0.6) is 17.2 Å². The minimum atomic E-state index is -4.14. The third-order valence-electron chi connectivity index (χ3n) is 3.65. The van der Waals surface area contributed by atoms with Gasteiger partial charge in [0.05, 0.1) is 30.9 Å². The van der Waals surface area contributed by atoms with Gasteiger partial charge in [-0.25, -0.2) is 9.37 Å². The lowest BCUT2D eigenvalue weighted by Gasteiger charge is -2.17. The van der Waals surface area contributed by atoms with Crippen LogP contribution in [0.4, 0.5) is 13.2 Å². The van der Waals surface area contributed by atoms with Gasteiger partial charge in [0.15, 0.2) is 16.7 Å². The fourth-order valence-corrected chi connectivity index (χ4v) is 3.25. The number of benzene rings is 1. The van der Waals surface area contributed by atoms with Gasteiger partial charge in [-0.1, -0.05) is 23.4 Å². The van der Waals surface area contributed by atoms with Crippen LogP contribution < -0.4 is 14.2 Å². The van der Waals surface area contributed by atoms with Gasteiger partial charge in [0, 0.05) is 24.1 Å². The highest BCUT2D eigenvalue weighted by molar-refractivity contribution is 7.98. The number of H-pyrrole nitrogens is 1. The number of halogens is 4. The van der Waals surface area contributed by atoms with E-state index in [0.29, 0.717) is 39.1 Å². The Kier molecular flexibility index (Phi) is 6.09. The standard InChI is InChI=1S/C17H15ClF3N3O3S/c1-25-13-5-6-22-12(14(13)26-2)8-28-16-23-10-4-3-9(7-11(10)24-16)27-17(20,21)15(18)19/h3-7,15H,8H2,1-2H3,(H,23,24). The number of aromatic amines is 1. The maximum atomic E-state index is 13.3. The summed E-state index contributed by atoms with van der Waals surface area (Å²) in [5, 5.41) is 0.534. The highest BCUT2D eigenvalue weighted by Crippen LogP contribution is 2.34. The first-order chi connectivity index (χ1) is 13.3. The first kappa shape index (κ1) is 20.4. The molecule has 0 radical (unpaired) electrons. The van der Waals surface area contributed by atoms with E-state index in [1.807, 2.05) is 0 Å². The monoisotopic (exact) mass is 433 g/mol. The fraction of sp³-hybridized carbons (Fsp3) is 0.294. The number of methoxy groups -OCH3 is 2. The summed E-state index contributed by atoms with van der Waals surface area (Å²) in [5.41, 5.74) is -1.32. The number of hydrogen-bond donors (Lipinski definition) is 1. The Morgan fingerprint density at radius 3 is 2.71 bits per heavy atom. The summed E-state index contributed by atoms with van der Waals surface area (Å²) in [6, 6.07) is 5.74. The molecule has 0 bridgehead atoms. The van der Waals surface area contributed by atoms with Crippen LogP contribution in [-0.2, 0) is 5.75 Å². The molecular formula is C17H15ClF3N3O3S. The summed E-state index contributed by atoms with van der Waals surface area (Å²) >= 11 is 6.13. The third kappa shape index (κ3) is 4.39. The van der Waals surface area contributed by atoms with Gasteiger partial charge >= 0.3 is 6.11 Å². The maximum Gasteiger partial charge on any atom is 0.444 e. The molecule has 0 saturated carbocycles. The smallest absolute Gasteiger partial charge is 0.444 e. The van der Waals surface area contributed by atoms with E-state index in [0.717, 1.165) is 0 Å². The first-order valence-corrected chi connectivity index (χ1v) is 9.29.